The molecule has 0 atom stereocenters. The first-order valence-electron chi connectivity index (χ1n) is 10.1. The second-order valence-electron chi connectivity index (χ2n) is 7.64. The Kier molecular flexibility index (Phi) is 5.98. The summed E-state index contributed by atoms with van der Waals surface area (Å²) in [4.78, 5) is 39.5. The zero-order valence-electron chi connectivity index (χ0n) is 18.6. The molecule has 3 amide bonds. The zero-order chi connectivity index (χ0) is 24.6. The number of rotatable bonds is 7. The number of methoxy groups -OCH3 is 1. The highest BCUT2D eigenvalue weighted by molar-refractivity contribution is 7.89. The molecule has 0 spiro atoms. The number of carbonyl (C=O) groups is 3. The van der Waals surface area contributed by atoms with E-state index >= 15 is 0 Å². The number of nitrogens with zero attached hydrogens (tertiary/aromatic N) is 2. The predicted octanol–water partition coefficient (Wildman–Crippen LogP) is 2.59. The number of hydrogen-bond acceptors (Lipinski definition) is 7. The number of furan rings is 1. The Morgan fingerprint density at radius 3 is 2.44 bits per heavy atom. The molecule has 176 valence electrons. The Bertz CT molecular complexity index is 1400. The first-order chi connectivity index (χ1) is 16.1. The third-order valence-corrected chi connectivity index (χ3v) is 7.14. The number of carbonyl (C=O) groups excluding carboxylic acids is 3. The maximum absolute atomic E-state index is 13.0. The van der Waals surface area contributed by atoms with E-state index in [4.69, 9.17) is 9.15 Å². The van der Waals surface area contributed by atoms with Gasteiger partial charge in [-0.25, -0.2) is 12.7 Å². The molecule has 34 heavy (non-hydrogen) atoms. The third-order valence-electron chi connectivity index (χ3n) is 5.32. The summed E-state index contributed by atoms with van der Waals surface area (Å²) in [5.74, 6) is -0.922. The normalized spacial score (nSPS) is 13.4. The fraction of sp³-hybridized carbons (Fsp3) is 0.174. The van der Waals surface area contributed by atoms with E-state index in [-0.39, 0.29) is 39.6 Å². The molecule has 2 aromatic carbocycles. The monoisotopic (exact) mass is 483 g/mol. The van der Waals surface area contributed by atoms with E-state index in [1.54, 1.807) is 12.1 Å². The van der Waals surface area contributed by atoms with Crippen LogP contribution in [-0.4, -0.2) is 56.5 Å². The minimum atomic E-state index is -3.74. The van der Waals surface area contributed by atoms with Crippen LogP contribution in [0.15, 0.2) is 64.1 Å². The van der Waals surface area contributed by atoms with Gasteiger partial charge in [0.2, 0.25) is 10.0 Å². The van der Waals surface area contributed by atoms with E-state index in [9.17, 15) is 22.8 Å². The van der Waals surface area contributed by atoms with Crippen LogP contribution >= 0.6 is 0 Å². The van der Waals surface area contributed by atoms with Crippen molar-refractivity contribution in [3.05, 3.63) is 77.2 Å². The number of benzene rings is 2. The van der Waals surface area contributed by atoms with Crippen molar-refractivity contribution in [2.45, 2.75) is 11.4 Å². The van der Waals surface area contributed by atoms with Crippen LogP contribution < -0.4 is 10.1 Å². The molecule has 0 saturated carbocycles. The number of amides is 3. The van der Waals surface area contributed by atoms with Crippen molar-refractivity contribution in [2.75, 3.05) is 26.5 Å². The average molecular weight is 484 g/mol. The quantitative estimate of drug-likeness (QED) is 0.512. The summed E-state index contributed by atoms with van der Waals surface area (Å²) in [6, 6.07) is 11.6. The summed E-state index contributed by atoms with van der Waals surface area (Å²) in [6.45, 7) is -0.0226. The molecule has 1 aliphatic rings. The Balaban J connectivity index is 1.61. The van der Waals surface area contributed by atoms with Gasteiger partial charge in [0.05, 0.1) is 41.6 Å². The maximum atomic E-state index is 13.0. The third kappa shape index (κ3) is 4.06. The summed E-state index contributed by atoms with van der Waals surface area (Å²) in [6.07, 6.45) is 1.45. The van der Waals surface area contributed by atoms with E-state index in [0.717, 1.165) is 9.21 Å². The molecular weight excluding hydrogens is 462 g/mol. The topological polar surface area (TPSA) is 126 Å². The van der Waals surface area contributed by atoms with Crippen LogP contribution in [-0.2, 0) is 16.6 Å². The zero-order valence-corrected chi connectivity index (χ0v) is 19.4. The highest BCUT2D eigenvalue weighted by Crippen LogP contribution is 2.30. The van der Waals surface area contributed by atoms with E-state index in [0.29, 0.717) is 5.76 Å². The summed E-state index contributed by atoms with van der Waals surface area (Å²) < 4.78 is 36.5. The minimum Gasteiger partial charge on any atom is -0.495 e. The number of sulfonamides is 1. The summed E-state index contributed by atoms with van der Waals surface area (Å²) in [5.41, 5.74) is 0.533. The van der Waals surface area contributed by atoms with Crippen molar-refractivity contribution >= 4 is 33.4 Å². The van der Waals surface area contributed by atoms with Gasteiger partial charge in [0.25, 0.3) is 17.7 Å². The number of imide groups is 1. The molecule has 0 radical (unpaired) electrons. The first-order valence-corrected chi connectivity index (χ1v) is 11.5. The molecule has 0 saturated heterocycles. The van der Waals surface area contributed by atoms with Gasteiger partial charge in [-0.3, -0.25) is 19.3 Å². The molecule has 1 aromatic heterocycles. The minimum absolute atomic E-state index is 0.0226. The SMILES string of the molecule is COc1ccc(S(=O)(=O)N(C)C)cc1NC(=O)c1ccc2c(c1)C(=O)N(Cc1ccco1)C2=O. The number of nitrogens with one attached hydrogen (secondary N) is 1. The van der Waals surface area contributed by atoms with Crippen LogP contribution in [0.3, 0.4) is 0 Å². The van der Waals surface area contributed by atoms with Gasteiger partial charge in [-0.15, -0.1) is 0 Å². The Labute approximate surface area is 195 Å². The fourth-order valence-corrected chi connectivity index (χ4v) is 4.41. The van der Waals surface area contributed by atoms with Crippen LogP contribution in [0.1, 0.15) is 36.8 Å². The Morgan fingerprint density at radius 2 is 1.79 bits per heavy atom. The van der Waals surface area contributed by atoms with Crippen LogP contribution in [0.4, 0.5) is 5.69 Å². The highest BCUT2D eigenvalue weighted by atomic mass is 32.2. The first kappa shape index (κ1) is 23.2. The number of fused-ring (bicyclic) bond motifs is 1. The molecule has 1 aliphatic heterocycles. The second kappa shape index (κ2) is 8.76. The molecule has 11 heteroatoms. The molecule has 0 fully saturated rings. The van der Waals surface area contributed by atoms with Gasteiger partial charge < -0.3 is 14.5 Å². The molecule has 0 aliphatic carbocycles. The Morgan fingerprint density at radius 1 is 1.06 bits per heavy atom. The summed E-state index contributed by atoms with van der Waals surface area (Å²) in [5, 5.41) is 2.62. The largest absolute Gasteiger partial charge is 0.495 e. The van der Waals surface area contributed by atoms with Gasteiger partial charge in [0.1, 0.15) is 11.5 Å². The predicted molar refractivity (Wildman–Crippen MR) is 121 cm³/mol. The van der Waals surface area contributed by atoms with Crippen molar-refractivity contribution in [1.29, 1.82) is 0 Å². The Hall–Kier alpha value is -3.96. The molecule has 3 aromatic rings. The van der Waals surface area contributed by atoms with Gasteiger partial charge in [-0.2, -0.15) is 0 Å². The fourth-order valence-electron chi connectivity index (χ4n) is 3.48. The lowest BCUT2D eigenvalue weighted by molar-refractivity contribution is 0.0631. The average Bonchev–Trinajstić information content (AvgIpc) is 3.41. The molecule has 0 bridgehead atoms. The van der Waals surface area contributed by atoms with Gasteiger partial charge >= 0.3 is 0 Å². The smallest absolute Gasteiger partial charge is 0.261 e. The van der Waals surface area contributed by atoms with Crippen molar-refractivity contribution in [3.63, 3.8) is 0 Å². The summed E-state index contributed by atoms with van der Waals surface area (Å²) >= 11 is 0. The number of hydrogen-bond donors (Lipinski definition) is 1. The van der Waals surface area contributed by atoms with Crippen molar-refractivity contribution in [1.82, 2.24) is 9.21 Å². The van der Waals surface area contributed by atoms with Gasteiger partial charge in [-0.05, 0) is 48.5 Å². The summed E-state index contributed by atoms with van der Waals surface area (Å²) in [7, 11) is 0.442. The highest BCUT2D eigenvalue weighted by Gasteiger charge is 2.36. The lowest BCUT2D eigenvalue weighted by atomic mass is 10.1. The van der Waals surface area contributed by atoms with Crippen molar-refractivity contribution < 1.29 is 32.0 Å². The lowest BCUT2D eigenvalue weighted by Crippen LogP contribution is -2.28. The molecule has 2 heterocycles. The molecule has 0 unspecified atom stereocenters. The maximum Gasteiger partial charge on any atom is 0.261 e. The van der Waals surface area contributed by atoms with Crippen molar-refractivity contribution in [2.24, 2.45) is 0 Å². The molecule has 1 N–H and O–H groups in total. The number of ether oxygens (including phenoxy) is 1. The van der Waals surface area contributed by atoms with Crippen LogP contribution in [0.25, 0.3) is 0 Å². The van der Waals surface area contributed by atoms with E-state index < -0.39 is 27.7 Å². The molecule has 4 rings (SSSR count). The molecule has 10 nitrogen and oxygen atoms in total. The van der Waals surface area contributed by atoms with Crippen LogP contribution in [0.5, 0.6) is 5.75 Å². The molecular formula is C23H21N3O7S. The van der Waals surface area contributed by atoms with E-state index in [2.05, 4.69) is 5.32 Å². The lowest BCUT2D eigenvalue weighted by Gasteiger charge is -2.15. The second-order valence-corrected chi connectivity index (χ2v) is 9.79. The van der Waals surface area contributed by atoms with Gasteiger partial charge in [-0.1, -0.05) is 0 Å². The standard InChI is InChI=1S/C23H21N3O7S/c1-25(2)34(30,31)16-7-9-20(32-3)19(12-16)24-21(27)14-6-8-17-18(11-14)23(29)26(22(17)28)13-15-5-4-10-33-15/h4-12H,13H2,1-3H3,(H,24,27). The number of anilines is 1. The van der Waals surface area contributed by atoms with Crippen LogP contribution in [0.2, 0.25) is 0 Å². The van der Waals surface area contributed by atoms with Gasteiger partial charge in [0, 0.05) is 19.7 Å². The van der Waals surface area contributed by atoms with Crippen molar-refractivity contribution in [3.8, 4) is 5.75 Å². The van der Waals surface area contributed by atoms with Gasteiger partial charge in [0.15, 0.2) is 0 Å². The van der Waals surface area contributed by atoms with Crippen LogP contribution in [0, 0.1) is 0 Å². The van der Waals surface area contributed by atoms with E-state index in [1.165, 1.54) is 63.9 Å². The van der Waals surface area contributed by atoms with E-state index in [1.807, 2.05) is 0 Å².